The number of benzene rings is 10. The van der Waals surface area contributed by atoms with E-state index in [1.807, 2.05) is 200 Å². The van der Waals surface area contributed by atoms with Crippen LogP contribution < -0.4 is 10.7 Å². The molecule has 94 heavy (non-hydrogen) atoms. The van der Waals surface area contributed by atoms with Crippen molar-refractivity contribution >= 4 is 55.3 Å². The number of rotatable bonds is 9. The van der Waals surface area contributed by atoms with E-state index in [-0.39, 0.29) is 10.9 Å². The van der Waals surface area contributed by atoms with Crippen LogP contribution in [0.25, 0.3) is 156 Å². The van der Waals surface area contributed by atoms with Gasteiger partial charge >= 0.3 is 6.18 Å². The van der Waals surface area contributed by atoms with Crippen molar-refractivity contribution in [3.8, 4) is 107 Å². The summed E-state index contributed by atoms with van der Waals surface area (Å²) in [5.41, 5.74) is 21.0. The molecule has 0 saturated carbocycles. The van der Waals surface area contributed by atoms with Crippen molar-refractivity contribution in [1.82, 2.24) is 39.9 Å². The van der Waals surface area contributed by atoms with Crippen LogP contribution in [-0.2, 0) is 0 Å². The van der Waals surface area contributed by atoms with Crippen molar-refractivity contribution in [2.75, 3.05) is 0 Å². The molecule has 1 atom stereocenters. The Labute approximate surface area is 537 Å². The van der Waals surface area contributed by atoms with Gasteiger partial charge in [0.1, 0.15) is 5.92 Å². The summed E-state index contributed by atoms with van der Waals surface area (Å²) < 4.78 is 44.0. The summed E-state index contributed by atoms with van der Waals surface area (Å²) in [5, 5.41) is 11.4. The number of allylic oxidation sites excluding steroid dienone is 8. The van der Waals surface area contributed by atoms with Gasteiger partial charge in [0.2, 0.25) is 0 Å². The SMILES string of the molecule is N#Cc1cc(-c2cccc(-c3nc4cc(-c5ccc6nc(=C7C=CC=CC7)c(=C7C=CC=CC7C(F)(F)F)nc6c5)ccc4nc3-c3ccccc3)c2)cc(-c2nc3cc(-c4ccc5nc(-c6ccccc6)c(-c6ccccc6)nc5c4)ccc3nc2-c2ccccc2)c1. The summed E-state index contributed by atoms with van der Waals surface area (Å²) in [7, 11) is 0. The molecule has 16 rings (SSSR count). The van der Waals surface area contributed by atoms with Crippen LogP contribution in [0.15, 0.2) is 285 Å². The smallest absolute Gasteiger partial charge is 0.244 e. The Balaban J connectivity index is 0.790. The van der Waals surface area contributed by atoms with Crippen LogP contribution in [0.3, 0.4) is 0 Å². The Hall–Kier alpha value is -12.5. The average molecular weight is 1220 g/mol. The molecule has 12 heteroatoms. The molecular formula is C82H50F3N9. The van der Waals surface area contributed by atoms with E-state index >= 15 is 0 Å². The first-order chi connectivity index (χ1) is 46.1. The van der Waals surface area contributed by atoms with Gasteiger partial charge in [-0.1, -0.05) is 212 Å². The number of aromatic nitrogens is 8. The minimum atomic E-state index is -4.53. The summed E-state index contributed by atoms with van der Waals surface area (Å²) in [6.07, 6.45) is 9.29. The zero-order valence-corrected chi connectivity index (χ0v) is 50.1. The molecule has 0 spiro atoms. The molecule has 9 nitrogen and oxygen atoms in total. The average Bonchev–Trinajstić information content (AvgIpc) is 0.789. The van der Waals surface area contributed by atoms with E-state index in [9.17, 15) is 18.4 Å². The second-order valence-electron chi connectivity index (χ2n) is 23.2. The van der Waals surface area contributed by atoms with Crippen molar-refractivity contribution < 1.29 is 13.2 Å². The molecule has 4 aromatic heterocycles. The summed E-state index contributed by atoms with van der Waals surface area (Å²) in [5.74, 6) is -1.84. The van der Waals surface area contributed by atoms with Crippen LogP contribution in [0.1, 0.15) is 12.0 Å². The van der Waals surface area contributed by atoms with Crippen LogP contribution >= 0.6 is 0 Å². The van der Waals surface area contributed by atoms with Gasteiger partial charge in [-0.05, 0) is 124 Å². The molecule has 0 fully saturated rings. The highest BCUT2D eigenvalue weighted by Gasteiger charge is 2.41. The topological polar surface area (TPSA) is 127 Å². The number of alkyl halides is 3. The fraction of sp³-hybridized carbons (Fsp3) is 0.0366. The molecule has 0 amide bonds. The van der Waals surface area contributed by atoms with E-state index in [4.69, 9.17) is 39.9 Å². The van der Waals surface area contributed by atoms with E-state index in [2.05, 4.69) is 66.7 Å². The number of halogens is 3. The number of hydrogen-bond donors (Lipinski definition) is 0. The largest absolute Gasteiger partial charge is 0.399 e. The van der Waals surface area contributed by atoms with Gasteiger partial charge in [0.05, 0.1) is 101 Å². The molecule has 14 aromatic rings. The predicted molar refractivity (Wildman–Crippen MR) is 369 cm³/mol. The monoisotopic (exact) mass is 1220 g/mol. The van der Waals surface area contributed by atoms with E-state index in [0.29, 0.717) is 78.8 Å². The van der Waals surface area contributed by atoms with Gasteiger partial charge in [-0.2, -0.15) is 18.4 Å². The summed E-state index contributed by atoms with van der Waals surface area (Å²) >= 11 is 0. The third kappa shape index (κ3) is 10.9. The number of nitrogens with zero attached hydrogens (tertiary/aromatic N) is 9. The lowest BCUT2D eigenvalue weighted by Gasteiger charge is -2.20. The summed E-state index contributed by atoms with van der Waals surface area (Å²) in [6.45, 7) is 0. The Morgan fingerprint density at radius 2 is 0.691 bits per heavy atom. The first kappa shape index (κ1) is 56.8. The van der Waals surface area contributed by atoms with Crippen LogP contribution in [0.5, 0.6) is 0 Å². The molecule has 0 saturated heterocycles. The molecule has 1 unspecified atom stereocenters. The third-order valence-electron chi connectivity index (χ3n) is 17.2. The van der Waals surface area contributed by atoms with Gasteiger partial charge in [-0.3, -0.25) is 0 Å². The first-order valence-electron chi connectivity index (χ1n) is 30.8. The minimum Gasteiger partial charge on any atom is -0.244 e. The quantitative estimate of drug-likeness (QED) is 0.139. The molecule has 4 heterocycles. The first-order valence-corrected chi connectivity index (χ1v) is 30.8. The second-order valence-corrected chi connectivity index (χ2v) is 23.2. The molecule has 10 aromatic carbocycles. The summed E-state index contributed by atoms with van der Waals surface area (Å²) in [4.78, 5) is 41.9. The van der Waals surface area contributed by atoms with Crippen molar-refractivity contribution in [2.45, 2.75) is 12.6 Å². The van der Waals surface area contributed by atoms with Crippen molar-refractivity contribution in [3.05, 3.63) is 301 Å². The molecule has 2 aliphatic carbocycles. The lowest BCUT2D eigenvalue weighted by molar-refractivity contribution is -0.146. The molecular weight excluding hydrogens is 1170 g/mol. The Bertz CT molecular complexity index is 5700. The van der Waals surface area contributed by atoms with Crippen molar-refractivity contribution in [1.29, 1.82) is 5.26 Å². The Kier molecular flexibility index (Phi) is 14.3. The van der Waals surface area contributed by atoms with Gasteiger partial charge in [0.15, 0.2) is 0 Å². The van der Waals surface area contributed by atoms with E-state index in [1.54, 1.807) is 6.08 Å². The number of hydrogen-bond acceptors (Lipinski definition) is 9. The number of nitriles is 1. The van der Waals surface area contributed by atoms with Crippen LogP contribution in [0, 0.1) is 17.2 Å². The maximum atomic E-state index is 14.7. The molecule has 0 radical (unpaired) electrons. The fourth-order valence-corrected chi connectivity index (χ4v) is 12.5. The highest BCUT2D eigenvalue weighted by Crippen LogP contribution is 2.41. The normalized spacial score (nSPS) is 14.9. The minimum absolute atomic E-state index is 0.0441. The van der Waals surface area contributed by atoms with Crippen LogP contribution in [-0.4, -0.2) is 46.0 Å². The Morgan fingerprint density at radius 3 is 1.15 bits per heavy atom. The zero-order valence-electron chi connectivity index (χ0n) is 50.1. The van der Waals surface area contributed by atoms with Crippen molar-refractivity contribution in [3.63, 3.8) is 0 Å². The van der Waals surface area contributed by atoms with E-state index in [1.165, 1.54) is 18.2 Å². The molecule has 444 valence electrons. The van der Waals surface area contributed by atoms with Crippen LogP contribution in [0.2, 0.25) is 0 Å². The highest BCUT2D eigenvalue weighted by molar-refractivity contribution is 5.95. The molecule has 0 N–H and O–H groups in total. The molecule has 2 aliphatic rings. The van der Waals surface area contributed by atoms with Gasteiger partial charge in [0.25, 0.3) is 0 Å². The third-order valence-corrected chi connectivity index (χ3v) is 17.2. The van der Waals surface area contributed by atoms with Gasteiger partial charge in [-0.25, -0.2) is 39.9 Å². The lowest BCUT2D eigenvalue weighted by atomic mass is 9.92. The zero-order chi connectivity index (χ0) is 63.3. The van der Waals surface area contributed by atoms with Gasteiger partial charge in [0, 0.05) is 33.4 Å². The molecule has 0 bridgehead atoms. The number of fused-ring (bicyclic) bond motifs is 4. The van der Waals surface area contributed by atoms with E-state index in [0.717, 1.165) is 89.2 Å². The van der Waals surface area contributed by atoms with Crippen molar-refractivity contribution in [2.24, 2.45) is 5.92 Å². The fourth-order valence-electron chi connectivity index (χ4n) is 12.5. The lowest BCUT2D eigenvalue weighted by Crippen LogP contribution is -2.39. The predicted octanol–water partition coefficient (Wildman–Crippen LogP) is 18.5. The second kappa shape index (κ2) is 23.7. The highest BCUT2D eigenvalue weighted by atomic mass is 19.4. The van der Waals surface area contributed by atoms with Gasteiger partial charge in [-0.15, -0.1) is 0 Å². The standard InChI is InChI=1S/C82H50F3N9/c83-82(84,85)65-32-17-16-31-64(65)81-78(55-27-14-5-15-28-55)90-69-40-36-60(48-73(69)94-81)58-34-38-67-71(46-58)92-79(76(88-67)53-23-10-3-11-24-53)61-30-18-29-56(43-61)62-41-50(49-86)42-63(44-62)80-77(54-25-12-4-13-26-54)89-68-39-35-59(47-72(68)93-80)57-33-37-66-70(45-57)91-75(52-21-8-2-9-22-52)74(87-66)51-19-6-1-7-20-51/h1-27,29-48,65H,28H2. The maximum absolute atomic E-state index is 14.7. The summed E-state index contributed by atoms with van der Waals surface area (Å²) in [6, 6.07) is 80.4. The molecule has 0 aliphatic heterocycles. The maximum Gasteiger partial charge on any atom is 0.399 e. The Morgan fingerprint density at radius 1 is 0.319 bits per heavy atom. The van der Waals surface area contributed by atoms with Gasteiger partial charge < -0.3 is 0 Å². The van der Waals surface area contributed by atoms with Crippen LogP contribution in [0.4, 0.5) is 13.2 Å². The van der Waals surface area contributed by atoms with E-state index < -0.39 is 12.1 Å².